The predicted molar refractivity (Wildman–Crippen MR) is 78.2 cm³/mol. The fourth-order valence-electron chi connectivity index (χ4n) is 2.19. The Labute approximate surface area is 136 Å². The van der Waals surface area contributed by atoms with E-state index in [1.165, 1.54) is 0 Å². The summed E-state index contributed by atoms with van der Waals surface area (Å²) in [6.07, 6.45) is 0. The highest BCUT2D eigenvalue weighted by molar-refractivity contribution is 7.99. The molecular formula is C15H17F4NO2S. The summed E-state index contributed by atoms with van der Waals surface area (Å²) in [7, 11) is 0. The predicted octanol–water partition coefficient (Wildman–Crippen LogP) is 3.22. The number of rotatable bonds is 4. The summed E-state index contributed by atoms with van der Waals surface area (Å²) in [6.45, 7) is 5.03. The van der Waals surface area contributed by atoms with E-state index >= 15 is 0 Å². The minimum Gasteiger partial charge on any atom is -0.378 e. The molecule has 1 heterocycles. The second-order valence-electron chi connectivity index (χ2n) is 5.87. The molecular weight excluding hydrogens is 334 g/mol. The van der Waals surface area contributed by atoms with Crippen molar-refractivity contribution in [2.45, 2.75) is 18.7 Å². The second-order valence-corrected chi connectivity index (χ2v) is 6.86. The van der Waals surface area contributed by atoms with E-state index < -0.39 is 33.6 Å². The van der Waals surface area contributed by atoms with Gasteiger partial charge in [-0.15, -0.1) is 11.8 Å². The zero-order valence-electron chi connectivity index (χ0n) is 12.8. The Hall–Kier alpha value is -1.28. The number of hydrogen-bond donors (Lipinski definition) is 0. The Balaban J connectivity index is 2.11. The van der Waals surface area contributed by atoms with Crippen LogP contribution in [0.5, 0.6) is 0 Å². The van der Waals surface area contributed by atoms with Crippen LogP contribution in [-0.2, 0) is 9.53 Å². The number of nitrogens with zero attached hydrogens (tertiary/aromatic N) is 1. The van der Waals surface area contributed by atoms with E-state index in [-0.39, 0.29) is 17.7 Å². The Kier molecular flexibility index (Phi) is 5.57. The topological polar surface area (TPSA) is 29.5 Å². The fourth-order valence-corrected chi connectivity index (χ4v) is 3.26. The van der Waals surface area contributed by atoms with Crippen molar-refractivity contribution in [3.63, 3.8) is 0 Å². The van der Waals surface area contributed by atoms with Crippen LogP contribution in [0.25, 0.3) is 0 Å². The number of morpholine rings is 1. The van der Waals surface area contributed by atoms with E-state index in [1.807, 2.05) is 0 Å². The first-order chi connectivity index (χ1) is 10.7. The Morgan fingerprint density at radius 2 is 1.70 bits per heavy atom. The van der Waals surface area contributed by atoms with Gasteiger partial charge in [-0.05, 0) is 0 Å². The maximum atomic E-state index is 13.7. The molecule has 0 saturated carbocycles. The highest BCUT2D eigenvalue weighted by Crippen LogP contribution is 2.34. The van der Waals surface area contributed by atoms with Crippen LogP contribution < -0.4 is 0 Å². The molecule has 1 saturated heterocycles. The Morgan fingerprint density at radius 3 is 2.22 bits per heavy atom. The fraction of sp³-hybridized carbons (Fsp3) is 0.533. The molecule has 3 nitrogen and oxygen atoms in total. The Bertz CT molecular complexity index is 577. The number of amides is 1. The normalized spacial score (nSPS) is 15.8. The zero-order valence-corrected chi connectivity index (χ0v) is 13.6. The van der Waals surface area contributed by atoms with Crippen LogP contribution >= 0.6 is 11.8 Å². The van der Waals surface area contributed by atoms with Crippen molar-refractivity contribution in [2.24, 2.45) is 5.41 Å². The standard InChI is InChI=1S/C15H17F4NO2S/c1-15(2,14(21)20-3-5-22-6-4-20)8-23-13-11(18)9(16)7-10(17)12(13)19/h7H,3-6,8H2,1-2H3. The molecule has 0 radical (unpaired) electrons. The van der Waals surface area contributed by atoms with Gasteiger partial charge in [0.2, 0.25) is 5.91 Å². The number of ether oxygens (including phenoxy) is 1. The van der Waals surface area contributed by atoms with E-state index in [2.05, 4.69) is 0 Å². The van der Waals surface area contributed by atoms with Crippen molar-refractivity contribution in [1.29, 1.82) is 0 Å². The van der Waals surface area contributed by atoms with Gasteiger partial charge in [0.05, 0.1) is 23.5 Å². The smallest absolute Gasteiger partial charge is 0.229 e. The first-order valence-electron chi connectivity index (χ1n) is 7.07. The number of benzene rings is 1. The van der Waals surface area contributed by atoms with Gasteiger partial charge in [-0.25, -0.2) is 17.6 Å². The van der Waals surface area contributed by atoms with Gasteiger partial charge < -0.3 is 9.64 Å². The van der Waals surface area contributed by atoms with Gasteiger partial charge >= 0.3 is 0 Å². The number of carbonyl (C=O) groups is 1. The lowest BCUT2D eigenvalue weighted by Crippen LogP contribution is -2.47. The molecule has 128 valence electrons. The maximum absolute atomic E-state index is 13.7. The van der Waals surface area contributed by atoms with Gasteiger partial charge in [-0.2, -0.15) is 0 Å². The van der Waals surface area contributed by atoms with Crippen molar-refractivity contribution in [2.75, 3.05) is 32.1 Å². The van der Waals surface area contributed by atoms with Crippen LogP contribution in [-0.4, -0.2) is 42.9 Å². The number of carbonyl (C=O) groups excluding carboxylic acids is 1. The average molecular weight is 351 g/mol. The summed E-state index contributed by atoms with van der Waals surface area (Å²) in [6, 6.07) is 0.165. The minimum atomic E-state index is -1.45. The van der Waals surface area contributed by atoms with Crippen molar-refractivity contribution in [3.8, 4) is 0 Å². The highest BCUT2D eigenvalue weighted by Gasteiger charge is 2.34. The first-order valence-corrected chi connectivity index (χ1v) is 8.05. The van der Waals surface area contributed by atoms with Gasteiger partial charge in [0, 0.05) is 24.9 Å². The van der Waals surface area contributed by atoms with Crippen LogP contribution in [0.2, 0.25) is 0 Å². The molecule has 0 unspecified atom stereocenters. The third kappa shape index (κ3) is 3.98. The second kappa shape index (κ2) is 7.09. The SMILES string of the molecule is CC(C)(CSc1c(F)c(F)cc(F)c1F)C(=O)N1CCOCC1. The summed E-state index contributed by atoms with van der Waals surface area (Å²) in [5, 5.41) is 0. The van der Waals surface area contributed by atoms with Crippen LogP contribution in [0.1, 0.15) is 13.8 Å². The van der Waals surface area contributed by atoms with Gasteiger partial charge in [-0.3, -0.25) is 4.79 Å². The molecule has 0 aliphatic carbocycles. The number of thioether (sulfide) groups is 1. The van der Waals surface area contributed by atoms with Gasteiger partial charge in [0.1, 0.15) is 0 Å². The Morgan fingerprint density at radius 1 is 1.17 bits per heavy atom. The molecule has 8 heteroatoms. The van der Waals surface area contributed by atoms with Crippen LogP contribution in [0.3, 0.4) is 0 Å². The summed E-state index contributed by atoms with van der Waals surface area (Å²) in [4.78, 5) is 13.3. The summed E-state index contributed by atoms with van der Waals surface area (Å²) in [5.74, 6) is -6.00. The molecule has 0 N–H and O–H groups in total. The molecule has 1 fully saturated rings. The number of hydrogen-bond acceptors (Lipinski definition) is 3. The molecule has 1 aromatic carbocycles. The lowest BCUT2D eigenvalue weighted by Gasteiger charge is -2.34. The molecule has 1 aliphatic rings. The van der Waals surface area contributed by atoms with Crippen molar-refractivity contribution in [1.82, 2.24) is 4.90 Å². The third-order valence-electron chi connectivity index (χ3n) is 3.53. The van der Waals surface area contributed by atoms with E-state index in [9.17, 15) is 22.4 Å². The molecule has 2 rings (SSSR count). The van der Waals surface area contributed by atoms with E-state index in [4.69, 9.17) is 4.74 Å². The largest absolute Gasteiger partial charge is 0.378 e. The first kappa shape index (κ1) is 18.1. The monoisotopic (exact) mass is 351 g/mol. The molecule has 0 atom stereocenters. The highest BCUT2D eigenvalue weighted by atomic mass is 32.2. The molecule has 0 spiro atoms. The van der Waals surface area contributed by atoms with Gasteiger partial charge in [0.25, 0.3) is 0 Å². The third-order valence-corrected chi connectivity index (χ3v) is 5.04. The molecule has 1 amide bonds. The average Bonchev–Trinajstić information content (AvgIpc) is 2.53. The molecule has 1 aliphatic heterocycles. The molecule has 23 heavy (non-hydrogen) atoms. The van der Waals surface area contributed by atoms with E-state index in [0.717, 1.165) is 0 Å². The minimum absolute atomic E-state index is 0.0140. The molecule has 0 bridgehead atoms. The van der Waals surface area contributed by atoms with Gasteiger partial charge in [0.15, 0.2) is 23.3 Å². The number of halogens is 4. The molecule has 1 aromatic rings. The maximum Gasteiger partial charge on any atom is 0.229 e. The summed E-state index contributed by atoms with van der Waals surface area (Å²) < 4.78 is 58.9. The lowest BCUT2D eigenvalue weighted by molar-refractivity contribution is -0.143. The van der Waals surface area contributed by atoms with E-state index in [1.54, 1.807) is 18.7 Å². The quantitative estimate of drug-likeness (QED) is 0.474. The molecule has 0 aromatic heterocycles. The van der Waals surface area contributed by atoms with E-state index in [0.29, 0.717) is 38.1 Å². The van der Waals surface area contributed by atoms with Crippen molar-refractivity contribution in [3.05, 3.63) is 29.3 Å². The van der Waals surface area contributed by atoms with Crippen LogP contribution in [0.15, 0.2) is 11.0 Å². The van der Waals surface area contributed by atoms with Crippen LogP contribution in [0.4, 0.5) is 17.6 Å². The van der Waals surface area contributed by atoms with Gasteiger partial charge in [-0.1, -0.05) is 13.8 Å². The van der Waals surface area contributed by atoms with Crippen molar-refractivity contribution < 1.29 is 27.1 Å². The van der Waals surface area contributed by atoms with Crippen LogP contribution in [0, 0.1) is 28.7 Å². The lowest BCUT2D eigenvalue weighted by atomic mass is 9.94. The summed E-state index contributed by atoms with van der Waals surface area (Å²) in [5.41, 5.74) is -0.941. The van der Waals surface area contributed by atoms with Crippen molar-refractivity contribution >= 4 is 17.7 Å². The zero-order chi connectivity index (χ0) is 17.2. The summed E-state index contributed by atoms with van der Waals surface area (Å²) >= 11 is 0.593.